The van der Waals surface area contributed by atoms with Crippen molar-refractivity contribution in [3.05, 3.63) is 59.5 Å². The van der Waals surface area contributed by atoms with Crippen molar-refractivity contribution < 1.29 is 9.53 Å². The number of carbonyl (C=O) groups excluding carboxylic acids is 1. The fraction of sp³-hybridized carbons (Fsp3) is 0.227. The van der Waals surface area contributed by atoms with Crippen LogP contribution in [0.5, 0.6) is 5.75 Å². The van der Waals surface area contributed by atoms with Gasteiger partial charge in [-0.2, -0.15) is 0 Å². The van der Waals surface area contributed by atoms with Crippen molar-refractivity contribution in [2.45, 2.75) is 0 Å². The molecule has 1 aliphatic heterocycles. The number of ether oxygens (including phenoxy) is 1. The van der Waals surface area contributed by atoms with Gasteiger partial charge >= 0.3 is 0 Å². The van der Waals surface area contributed by atoms with Crippen molar-refractivity contribution in [3.8, 4) is 5.75 Å². The fourth-order valence-corrected chi connectivity index (χ4v) is 6.21. The van der Waals surface area contributed by atoms with Crippen LogP contribution in [0.25, 0.3) is 19.5 Å². The highest BCUT2D eigenvalue weighted by molar-refractivity contribution is 7.33. The molecule has 1 amide bonds. The van der Waals surface area contributed by atoms with Crippen LogP contribution in [0.4, 0.5) is 5.69 Å². The van der Waals surface area contributed by atoms with Gasteiger partial charge in [0.25, 0.3) is 5.91 Å². The molecule has 0 aliphatic carbocycles. The maximum Gasteiger partial charge on any atom is 0.264 e. The molecule has 2 aromatic carbocycles. The van der Waals surface area contributed by atoms with Crippen molar-refractivity contribution in [1.29, 1.82) is 0 Å². The van der Waals surface area contributed by atoms with Gasteiger partial charge in [0.1, 0.15) is 5.75 Å². The van der Waals surface area contributed by atoms with Gasteiger partial charge in [0.05, 0.1) is 16.7 Å². The van der Waals surface area contributed by atoms with Crippen molar-refractivity contribution >= 4 is 53.8 Å². The molecule has 1 fully saturated rings. The number of carbonyl (C=O) groups is 1. The molecule has 0 bridgehead atoms. The lowest BCUT2D eigenvalue weighted by Gasteiger charge is -2.36. The van der Waals surface area contributed by atoms with Gasteiger partial charge < -0.3 is 14.5 Å². The van der Waals surface area contributed by atoms with Gasteiger partial charge in [-0.05, 0) is 36.4 Å². The van der Waals surface area contributed by atoms with Gasteiger partial charge in [-0.3, -0.25) is 4.79 Å². The van der Waals surface area contributed by atoms with Crippen LogP contribution in [-0.2, 0) is 0 Å². The van der Waals surface area contributed by atoms with Gasteiger partial charge in [0.15, 0.2) is 0 Å². The topological polar surface area (TPSA) is 32.8 Å². The summed E-state index contributed by atoms with van der Waals surface area (Å²) < 4.78 is 8.97. The minimum Gasteiger partial charge on any atom is -0.497 e. The average Bonchev–Trinajstić information content (AvgIpc) is 3.31. The van der Waals surface area contributed by atoms with Gasteiger partial charge in [-0.1, -0.05) is 18.2 Å². The molecule has 28 heavy (non-hydrogen) atoms. The number of nitrogens with zero attached hydrogens (tertiary/aromatic N) is 2. The lowest BCUT2D eigenvalue weighted by molar-refractivity contribution is 0.0752. The highest BCUT2D eigenvalue weighted by atomic mass is 32.1. The summed E-state index contributed by atoms with van der Waals surface area (Å²) >= 11 is 3.40. The third-order valence-electron chi connectivity index (χ3n) is 5.26. The molecular formula is C22H20N2O2S2. The van der Waals surface area contributed by atoms with Crippen molar-refractivity contribution in [3.63, 3.8) is 0 Å². The predicted molar refractivity (Wildman–Crippen MR) is 118 cm³/mol. The van der Waals surface area contributed by atoms with E-state index < -0.39 is 0 Å². The number of fused-ring (bicyclic) bond motifs is 3. The Kier molecular flexibility index (Phi) is 4.45. The lowest BCUT2D eigenvalue weighted by atomic mass is 10.2. The Morgan fingerprint density at radius 2 is 1.68 bits per heavy atom. The van der Waals surface area contributed by atoms with Crippen LogP contribution in [0.15, 0.2) is 54.6 Å². The summed E-state index contributed by atoms with van der Waals surface area (Å²) in [6.07, 6.45) is 0. The second kappa shape index (κ2) is 7.11. The molecule has 2 aromatic heterocycles. The molecule has 1 aliphatic rings. The monoisotopic (exact) mass is 408 g/mol. The summed E-state index contributed by atoms with van der Waals surface area (Å²) in [4.78, 5) is 18.2. The Labute approximate surface area is 171 Å². The SMILES string of the molecule is COc1ccc(N2CCN(C(=O)c3cc4sc5ccccc5c4s3)CC2)cc1. The minimum atomic E-state index is 0.159. The van der Waals surface area contributed by atoms with Gasteiger partial charge in [-0.15, -0.1) is 22.7 Å². The second-order valence-corrected chi connectivity index (χ2v) is 9.02. The molecule has 0 N–H and O–H groups in total. The van der Waals surface area contributed by atoms with Crippen LogP contribution >= 0.6 is 22.7 Å². The third kappa shape index (κ3) is 3.02. The summed E-state index contributed by atoms with van der Waals surface area (Å²) in [5.41, 5.74) is 1.18. The Balaban J connectivity index is 1.30. The molecule has 3 heterocycles. The Hall–Kier alpha value is -2.57. The Morgan fingerprint density at radius 3 is 2.43 bits per heavy atom. The summed E-state index contributed by atoms with van der Waals surface area (Å²) in [6, 6.07) is 18.6. The first kappa shape index (κ1) is 17.5. The van der Waals surface area contributed by atoms with Crippen LogP contribution in [0.1, 0.15) is 9.67 Å². The number of anilines is 1. The van der Waals surface area contributed by atoms with E-state index in [0.717, 1.165) is 36.8 Å². The van der Waals surface area contributed by atoms with E-state index in [1.807, 2.05) is 17.0 Å². The number of piperazine rings is 1. The molecule has 142 valence electrons. The van der Waals surface area contributed by atoms with Crippen LogP contribution < -0.4 is 9.64 Å². The molecule has 5 rings (SSSR count). The highest BCUT2D eigenvalue weighted by Crippen LogP contribution is 2.39. The molecule has 0 saturated carbocycles. The average molecular weight is 409 g/mol. The molecule has 0 radical (unpaired) electrons. The van der Waals surface area contributed by atoms with Crippen molar-refractivity contribution in [2.24, 2.45) is 0 Å². The number of hydrogen-bond donors (Lipinski definition) is 0. The van der Waals surface area contributed by atoms with E-state index in [1.54, 1.807) is 29.8 Å². The predicted octanol–water partition coefficient (Wildman–Crippen LogP) is 5.09. The summed E-state index contributed by atoms with van der Waals surface area (Å²) in [6.45, 7) is 3.19. The molecular weight excluding hydrogens is 388 g/mol. The summed E-state index contributed by atoms with van der Waals surface area (Å²) in [7, 11) is 1.68. The van der Waals surface area contributed by atoms with Gasteiger partial charge in [0.2, 0.25) is 0 Å². The van der Waals surface area contributed by atoms with E-state index in [4.69, 9.17) is 4.74 Å². The van der Waals surface area contributed by atoms with Crippen LogP contribution in [-0.4, -0.2) is 44.1 Å². The zero-order valence-corrected chi connectivity index (χ0v) is 17.2. The molecule has 4 aromatic rings. The van der Waals surface area contributed by atoms with E-state index in [-0.39, 0.29) is 5.91 Å². The molecule has 0 unspecified atom stereocenters. The number of hydrogen-bond acceptors (Lipinski definition) is 5. The largest absolute Gasteiger partial charge is 0.497 e. The molecule has 0 atom stereocenters. The first-order chi connectivity index (χ1) is 13.7. The molecule has 4 nitrogen and oxygen atoms in total. The van der Waals surface area contributed by atoms with E-state index in [9.17, 15) is 4.79 Å². The lowest BCUT2D eigenvalue weighted by Crippen LogP contribution is -2.48. The second-order valence-electron chi connectivity index (χ2n) is 6.88. The van der Waals surface area contributed by atoms with Crippen molar-refractivity contribution in [1.82, 2.24) is 4.90 Å². The van der Waals surface area contributed by atoms with Gasteiger partial charge in [-0.25, -0.2) is 0 Å². The highest BCUT2D eigenvalue weighted by Gasteiger charge is 2.24. The maximum atomic E-state index is 13.0. The zero-order valence-electron chi connectivity index (χ0n) is 15.6. The quantitative estimate of drug-likeness (QED) is 0.473. The summed E-state index contributed by atoms with van der Waals surface area (Å²) in [5.74, 6) is 1.02. The summed E-state index contributed by atoms with van der Waals surface area (Å²) in [5, 5.41) is 1.26. The molecule has 6 heteroatoms. The standard InChI is InChI=1S/C22H20N2O2S2/c1-26-16-8-6-15(7-9-16)23-10-12-24(13-11-23)22(25)20-14-19-21(28-20)17-4-2-3-5-18(17)27-19/h2-9,14H,10-13H2,1H3. The number of thiophene rings is 2. The molecule has 0 spiro atoms. The maximum absolute atomic E-state index is 13.0. The van der Waals surface area contributed by atoms with Crippen LogP contribution in [0.3, 0.4) is 0 Å². The smallest absolute Gasteiger partial charge is 0.264 e. The number of benzene rings is 2. The third-order valence-corrected chi connectivity index (χ3v) is 7.67. The van der Waals surface area contributed by atoms with E-state index in [0.29, 0.717) is 0 Å². The number of methoxy groups -OCH3 is 1. The first-order valence-electron chi connectivity index (χ1n) is 9.32. The van der Waals surface area contributed by atoms with E-state index in [2.05, 4.69) is 47.4 Å². The fourth-order valence-electron chi connectivity index (χ4n) is 3.72. The van der Waals surface area contributed by atoms with Crippen LogP contribution in [0.2, 0.25) is 0 Å². The van der Waals surface area contributed by atoms with Crippen molar-refractivity contribution in [2.75, 3.05) is 38.2 Å². The normalized spacial score (nSPS) is 14.8. The van der Waals surface area contributed by atoms with E-state index in [1.165, 1.54) is 25.2 Å². The van der Waals surface area contributed by atoms with E-state index >= 15 is 0 Å². The van der Waals surface area contributed by atoms with Crippen LogP contribution in [0, 0.1) is 0 Å². The Morgan fingerprint density at radius 1 is 0.929 bits per heavy atom. The molecule has 1 saturated heterocycles. The number of amides is 1. The Bertz CT molecular complexity index is 1140. The zero-order chi connectivity index (χ0) is 19.1. The van der Waals surface area contributed by atoms with Gasteiger partial charge in [0, 0.05) is 46.7 Å². The number of rotatable bonds is 3. The minimum absolute atomic E-state index is 0.159. The first-order valence-corrected chi connectivity index (χ1v) is 11.0.